The van der Waals surface area contributed by atoms with E-state index in [1.807, 2.05) is 32.0 Å². The summed E-state index contributed by atoms with van der Waals surface area (Å²) in [7, 11) is 0. The van der Waals surface area contributed by atoms with E-state index >= 15 is 0 Å². The van der Waals surface area contributed by atoms with Crippen LogP contribution < -0.4 is 11.1 Å². The molecule has 6 heteroatoms. The SMILES string of the molecule is CCC(C)C(N)C(=O)Nc1nnc2ccccn12. The van der Waals surface area contributed by atoms with E-state index in [2.05, 4.69) is 15.5 Å². The van der Waals surface area contributed by atoms with Gasteiger partial charge in [0.05, 0.1) is 6.04 Å². The number of fused-ring (bicyclic) bond motifs is 1. The van der Waals surface area contributed by atoms with Crippen LogP contribution in [0.5, 0.6) is 0 Å². The van der Waals surface area contributed by atoms with Crippen molar-refractivity contribution in [2.24, 2.45) is 11.7 Å². The molecule has 3 N–H and O–H groups in total. The normalized spacial score (nSPS) is 14.4. The van der Waals surface area contributed by atoms with Crippen LogP contribution in [0.15, 0.2) is 24.4 Å². The molecule has 6 nitrogen and oxygen atoms in total. The molecular formula is C12H17N5O. The average molecular weight is 247 g/mol. The van der Waals surface area contributed by atoms with Crippen molar-refractivity contribution in [3.05, 3.63) is 24.4 Å². The summed E-state index contributed by atoms with van der Waals surface area (Å²) < 4.78 is 1.71. The molecule has 0 fully saturated rings. The average Bonchev–Trinajstić information content (AvgIpc) is 2.80. The van der Waals surface area contributed by atoms with Crippen molar-refractivity contribution < 1.29 is 4.79 Å². The second kappa shape index (κ2) is 5.14. The second-order valence-corrected chi connectivity index (χ2v) is 4.35. The molecule has 0 spiro atoms. The predicted octanol–water partition coefficient (Wildman–Crippen LogP) is 1.04. The van der Waals surface area contributed by atoms with Gasteiger partial charge in [0.15, 0.2) is 5.65 Å². The highest BCUT2D eigenvalue weighted by Gasteiger charge is 2.20. The lowest BCUT2D eigenvalue weighted by atomic mass is 10.00. The predicted molar refractivity (Wildman–Crippen MR) is 69.0 cm³/mol. The number of anilines is 1. The molecule has 0 aliphatic heterocycles. The number of nitrogens with two attached hydrogens (primary N) is 1. The fourth-order valence-corrected chi connectivity index (χ4v) is 1.63. The number of hydrogen-bond donors (Lipinski definition) is 2. The van der Waals surface area contributed by atoms with Crippen molar-refractivity contribution in [1.29, 1.82) is 0 Å². The Labute approximate surface area is 105 Å². The van der Waals surface area contributed by atoms with Crippen molar-refractivity contribution in [3.63, 3.8) is 0 Å². The summed E-state index contributed by atoms with van der Waals surface area (Å²) in [5.41, 5.74) is 6.55. The van der Waals surface area contributed by atoms with Gasteiger partial charge in [-0.15, -0.1) is 10.2 Å². The molecule has 2 heterocycles. The Bertz CT molecular complexity index is 550. The molecule has 0 aliphatic rings. The second-order valence-electron chi connectivity index (χ2n) is 4.35. The molecule has 2 rings (SSSR count). The summed E-state index contributed by atoms with van der Waals surface area (Å²) in [4.78, 5) is 11.9. The summed E-state index contributed by atoms with van der Waals surface area (Å²) in [6.45, 7) is 3.95. The summed E-state index contributed by atoms with van der Waals surface area (Å²) in [5, 5.41) is 10.6. The Morgan fingerprint density at radius 3 is 3.00 bits per heavy atom. The monoisotopic (exact) mass is 247 g/mol. The lowest BCUT2D eigenvalue weighted by Crippen LogP contribution is -2.41. The van der Waals surface area contributed by atoms with Gasteiger partial charge in [-0.1, -0.05) is 26.3 Å². The van der Waals surface area contributed by atoms with Gasteiger partial charge in [0.2, 0.25) is 11.9 Å². The van der Waals surface area contributed by atoms with Gasteiger partial charge >= 0.3 is 0 Å². The molecule has 0 saturated heterocycles. The number of amides is 1. The van der Waals surface area contributed by atoms with E-state index in [-0.39, 0.29) is 11.8 Å². The van der Waals surface area contributed by atoms with Crippen LogP contribution >= 0.6 is 0 Å². The number of nitrogens with zero attached hydrogens (tertiary/aromatic N) is 3. The summed E-state index contributed by atoms with van der Waals surface area (Å²) >= 11 is 0. The van der Waals surface area contributed by atoms with Crippen LogP contribution in [-0.2, 0) is 4.79 Å². The number of hydrogen-bond acceptors (Lipinski definition) is 4. The zero-order valence-electron chi connectivity index (χ0n) is 10.5. The largest absolute Gasteiger partial charge is 0.320 e. The van der Waals surface area contributed by atoms with Crippen LogP contribution in [-0.4, -0.2) is 26.5 Å². The molecule has 2 aromatic rings. The first-order valence-corrected chi connectivity index (χ1v) is 5.99. The topological polar surface area (TPSA) is 85.3 Å². The van der Waals surface area contributed by atoms with Gasteiger partial charge in [0.1, 0.15) is 0 Å². The Hall–Kier alpha value is -1.95. The van der Waals surface area contributed by atoms with E-state index in [1.165, 1.54) is 0 Å². The number of carbonyl (C=O) groups excluding carboxylic acids is 1. The first-order chi connectivity index (χ1) is 8.63. The van der Waals surface area contributed by atoms with Gasteiger partial charge in [-0.2, -0.15) is 0 Å². The van der Waals surface area contributed by atoms with Gasteiger partial charge in [0.25, 0.3) is 0 Å². The maximum Gasteiger partial charge on any atom is 0.243 e. The third kappa shape index (κ3) is 2.33. The van der Waals surface area contributed by atoms with E-state index < -0.39 is 6.04 Å². The van der Waals surface area contributed by atoms with Crippen LogP contribution in [0.2, 0.25) is 0 Å². The Kier molecular flexibility index (Phi) is 3.57. The number of pyridine rings is 1. The summed E-state index contributed by atoms with van der Waals surface area (Å²) in [5.74, 6) is 0.293. The van der Waals surface area contributed by atoms with Gasteiger partial charge in [-0.25, -0.2) is 0 Å². The lowest BCUT2D eigenvalue weighted by molar-refractivity contribution is -0.118. The van der Waals surface area contributed by atoms with Crippen molar-refractivity contribution >= 4 is 17.5 Å². The van der Waals surface area contributed by atoms with Gasteiger partial charge in [0, 0.05) is 6.20 Å². The standard InChI is InChI=1S/C12H17N5O/c1-3-8(2)10(13)11(18)14-12-16-15-9-6-4-5-7-17(9)12/h4-8,10H,3,13H2,1-2H3,(H,14,16,18). The molecule has 96 valence electrons. The lowest BCUT2D eigenvalue weighted by Gasteiger charge is -2.16. The van der Waals surface area contributed by atoms with Gasteiger partial charge < -0.3 is 5.73 Å². The smallest absolute Gasteiger partial charge is 0.243 e. The van der Waals surface area contributed by atoms with Gasteiger partial charge in [-0.05, 0) is 18.1 Å². The fraction of sp³-hybridized carbons (Fsp3) is 0.417. The zero-order valence-corrected chi connectivity index (χ0v) is 10.5. The molecule has 0 saturated carbocycles. The maximum absolute atomic E-state index is 11.9. The van der Waals surface area contributed by atoms with Crippen LogP contribution in [0.25, 0.3) is 5.65 Å². The maximum atomic E-state index is 11.9. The van der Waals surface area contributed by atoms with Crippen molar-refractivity contribution in [2.75, 3.05) is 5.32 Å². The van der Waals surface area contributed by atoms with Crippen molar-refractivity contribution in [3.8, 4) is 0 Å². The Morgan fingerprint density at radius 2 is 2.28 bits per heavy atom. The molecular weight excluding hydrogens is 230 g/mol. The Balaban J connectivity index is 2.16. The highest BCUT2D eigenvalue weighted by molar-refractivity contribution is 5.93. The first kappa shape index (κ1) is 12.5. The minimum absolute atomic E-state index is 0.129. The third-order valence-corrected chi connectivity index (χ3v) is 3.11. The minimum atomic E-state index is -0.536. The molecule has 2 atom stereocenters. The molecule has 0 aromatic carbocycles. The molecule has 0 bridgehead atoms. The van der Waals surface area contributed by atoms with E-state index in [0.29, 0.717) is 11.6 Å². The van der Waals surface area contributed by atoms with Crippen LogP contribution in [0, 0.1) is 5.92 Å². The Morgan fingerprint density at radius 1 is 1.50 bits per heavy atom. The van der Waals surface area contributed by atoms with Crippen molar-refractivity contribution in [1.82, 2.24) is 14.6 Å². The van der Waals surface area contributed by atoms with Crippen LogP contribution in [0.1, 0.15) is 20.3 Å². The van der Waals surface area contributed by atoms with Gasteiger partial charge in [-0.3, -0.25) is 14.5 Å². The number of rotatable bonds is 4. The third-order valence-electron chi connectivity index (χ3n) is 3.11. The number of carbonyl (C=O) groups is 1. The molecule has 0 aliphatic carbocycles. The molecule has 0 radical (unpaired) electrons. The highest BCUT2D eigenvalue weighted by atomic mass is 16.2. The number of nitrogens with one attached hydrogen (secondary N) is 1. The first-order valence-electron chi connectivity index (χ1n) is 5.99. The van der Waals surface area contributed by atoms with Crippen LogP contribution in [0.3, 0.4) is 0 Å². The van der Waals surface area contributed by atoms with E-state index in [4.69, 9.17) is 5.73 Å². The molecule has 2 aromatic heterocycles. The highest BCUT2D eigenvalue weighted by Crippen LogP contribution is 2.10. The fourth-order valence-electron chi connectivity index (χ4n) is 1.63. The van der Waals surface area contributed by atoms with E-state index in [9.17, 15) is 4.79 Å². The molecule has 18 heavy (non-hydrogen) atoms. The summed E-state index contributed by atoms with van der Waals surface area (Å²) in [6.07, 6.45) is 2.65. The van der Waals surface area contributed by atoms with Crippen LogP contribution in [0.4, 0.5) is 5.95 Å². The van der Waals surface area contributed by atoms with E-state index in [1.54, 1.807) is 10.6 Å². The molecule has 2 unspecified atom stereocenters. The zero-order chi connectivity index (χ0) is 13.1. The van der Waals surface area contributed by atoms with Crippen molar-refractivity contribution in [2.45, 2.75) is 26.3 Å². The molecule has 1 amide bonds. The minimum Gasteiger partial charge on any atom is -0.320 e. The quantitative estimate of drug-likeness (QED) is 0.845. The number of aromatic nitrogens is 3. The summed E-state index contributed by atoms with van der Waals surface area (Å²) in [6, 6.07) is 4.99. The van der Waals surface area contributed by atoms with E-state index in [0.717, 1.165) is 6.42 Å².